The molecule has 118 valence electrons. The highest BCUT2D eigenvalue weighted by molar-refractivity contribution is 7.07. The molecule has 4 rings (SSSR count). The van der Waals surface area contributed by atoms with Crippen molar-refractivity contribution in [2.24, 2.45) is 0 Å². The lowest BCUT2D eigenvalue weighted by molar-refractivity contribution is 0.0946. The predicted octanol–water partition coefficient (Wildman–Crippen LogP) is 3.62. The van der Waals surface area contributed by atoms with Gasteiger partial charge in [-0.15, -0.1) is 11.3 Å². The zero-order chi connectivity index (χ0) is 16.4. The lowest BCUT2D eigenvalue weighted by Crippen LogP contribution is -2.22. The number of carbonyl (C=O) groups excluding carboxylic acids is 1. The van der Waals surface area contributed by atoms with Crippen LogP contribution in [0.2, 0.25) is 0 Å². The molecule has 4 aromatic rings. The van der Waals surface area contributed by atoms with E-state index in [2.05, 4.69) is 20.3 Å². The number of nitrogens with zero attached hydrogens (tertiary/aromatic N) is 2. The van der Waals surface area contributed by atoms with Crippen LogP contribution in [0.1, 0.15) is 16.1 Å². The molecule has 0 aliphatic heterocycles. The van der Waals surface area contributed by atoms with Crippen molar-refractivity contribution < 1.29 is 4.79 Å². The van der Waals surface area contributed by atoms with Crippen molar-refractivity contribution in [1.82, 2.24) is 20.3 Å². The average molecular weight is 334 g/mol. The molecule has 2 heterocycles. The van der Waals surface area contributed by atoms with Gasteiger partial charge in [-0.3, -0.25) is 4.79 Å². The summed E-state index contributed by atoms with van der Waals surface area (Å²) >= 11 is 1.41. The number of carbonyl (C=O) groups is 1. The van der Waals surface area contributed by atoms with E-state index in [4.69, 9.17) is 0 Å². The van der Waals surface area contributed by atoms with Gasteiger partial charge in [0.25, 0.3) is 5.91 Å². The van der Waals surface area contributed by atoms with E-state index in [-0.39, 0.29) is 5.91 Å². The molecular formula is C18H14N4OS. The monoisotopic (exact) mass is 334 g/mol. The fourth-order valence-corrected chi connectivity index (χ4v) is 3.00. The number of rotatable bonds is 4. The normalized spacial score (nSPS) is 10.8. The summed E-state index contributed by atoms with van der Waals surface area (Å²) in [4.78, 5) is 23.8. The Morgan fingerprint density at radius 1 is 1.12 bits per heavy atom. The summed E-state index contributed by atoms with van der Waals surface area (Å²) in [5.41, 5.74) is 6.12. The van der Waals surface area contributed by atoms with Crippen LogP contribution in [-0.4, -0.2) is 20.9 Å². The first-order chi connectivity index (χ1) is 11.8. The lowest BCUT2D eigenvalue weighted by atomic mass is 10.1. The first kappa shape index (κ1) is 14.6. The molecule has 0 atom stereocenters. The number of nitrogens with one attached hydrogen (secondary N) is 2. The van der Waals surface area contributed by atoms with Crippen LogP contribution in [-0.2, 0) is 6.54 Å². The highest BCUT2D eigenvalue weighted by Crippen LogP contribution is 2.20. The van der Waals surface area contributed by atoms with Crippen LogP contribution in [0.3, 0.4) is 0 Å². The number of para-hydroxylation sites is 2. The number of thiazole rings is 1. The van der Waals surface area contributed by atoms with Gasteiger partial charge >= 0.3 is 0 Å². The molecular weight excluding hydrogens is 320 g/mol. The molecule has 6 heteroatoms. The minimum Gasteiger partial charge on any atom is -0.347 e. The quantitative estimate of drug-likeness (QED) is 0.599. The molecule has 24 heavy (non-hydrogen) atoms. The topological polar surface area (TPSA) is 70.7 Å². The van der Waals surface area contributed by atoms with Crippen molar-refractivity contribution in [3.63, 3.8) is 0 Å². The van der Waals surface area contributed by atoms with Gasteiger partial charge in [0.15, 0.2) is 0 Å². The third-order valence-corrected chi connectivity index (χ3v) is 4.32. The molecule has 2 aromatic carbocycles. The molecule has 0 spiro atoms. The summed E-state index contributed by atoms with van der Waals surface area (Å²) in [6.07, 6.45) is 0. The summed E-state index contributed by atoms with van der Waals surface area (Å²) in [6.45, 7) is 0.469. The van der Waals surface area contributed by atoms with Gasteiger partial charge in [-0.25, -0.2) is 9.97 Å². The molecule has 0 aliphatic carbocycles. The Morgan fingerprint density at radius 2 is 1.96 bits per heavy atom. The SMILES string of the molecule is O=C(NCc1ccc(-c2nc3ccccc3[nH]2)cc1)c1cscn1. The summed E-state index contributed by atoms with van der Waals surface area (Å²) < 4.78 is 0. The minimum atomic E-state index is -0.155. The van der Waals surface area contributed by atoms with E-state index in [1.165, 1.54) is 11.3 Å². The minimum absolute atomic E-state index is 0.155. The summed E-state index contributed by atoms with van der Waals surface area (Å²) in [6, 6.07) is 15.9. The number of hydrogen-bond acceptors (Lipinski definition) is 4. The lowest BCUT2D eigenvalue weighted by Gasteiger charge is -2.04. The number of aromatic nitrogens is 3. The molecule has 0 saturated carbocycles. The van der Waals surface area contributed by atoms with Crippen molar-refractivity contribution in [2.45, 2.75) is 6.54 Å². The first-order valence-electron chi connectivity index (χ1n) is 7.50. The molecule has 0 bridgehead atoms. The van der Waals surface area contributed by atoms with Gasteiger partial charge in [0.1, 0.15) is 11.5 Å². The van der Waals surface area contributed by atoms with Crippen LogP contribution < -0.4 is 5.32 Å². The summed E-state index contributed by atoms with van der Waals surface area (Å²) in [7, 11) is 0. The van der Waals surface area contributed by atoms with Gasteiger partial charge in [-0.05, 0) is 17.7 Å². The average Bonchev–Trinajstić information content (AvgIpc) is 3.29. The van der Waals surface area contributed by atoms with Crippen LogP contribution in [0.5, 0.6) is 0 Å². The van der Waals surface area contributed by atoms with E-state index >= 15 is 0 Å². The van der Waals surface area contributed by atoms with Gasteiger partial charge in [0.2, 0.25) is 0 Å². The second-order valence-corrected chi connectivity index (χ2v) is 6.07. The number of fused-ring (bicyclic) bond motifs is 1. The largest absolute Gasteiger partial charge is 0.347 e. The second-order valence-electron chi connectivity index (χ2n) is 5.36. The zero-order valence-electron chi connectivity index (χ0n) is 12.7. The van der Waals surface area contributed by atoms with Gasteiger partial charge in [0.05, 0.1) is 16.5 Å². The van der Waals surface area contributed by atoms with E-state index in [1.54, 1.807) is 10.9 Å². The van der Waals surface area contributed by atoms with Crippen molar-refractivity contribution in [3.05, 3.63) is 70.7 Å². The van der Waals surface area contributed by atoms with Crippen molar-refractivity contribution in [1.29, 1.82) is 0 Å². The van der Waals surface area contributed by atoms with Crippen LogP contribution in [0.15, 0.2) is 59.4 Å². The molecule has 5 nitrogen and oxygen atoms in total. The van der Waals surface area contributed by atoms with E-state index in [0.717, 1.165) is 28.0 Å². The van der Waals surface area contributed by atoms with Crippen LogP contribution >= 0.6 is 11.3 Å². The fourth-order valence-electron chi connectivity index (χ4n) is 2.47. The third kappa shape index (κ3) is 2.91. The number of amides is 1. The Morgan fingerprint density at radius 3 is 2.71 bits per heavy atom. The van der Waals surface area contributed by atoms with Gasteiger partial charge < -0.3 is 10.3 Å². The Hall–Kier alpha value is -2.99. The van der Waals surface area contributed by atoms with Crippen LogP contribution in [0.4, 0.5) is 0 Å². The highest BCUT2D eigenvalue weighted by Gasteiger charge is 2.08. The zero-order valence-corrected chi connectivity index (χ0v) is 13.5. The maximum Gasteiger partial charge on any atom is 0.271 e. The van der Waals surface area contributed by atoms with Crippen LogP contribution in [0.25, 0.3) is 22.4 Å². The molecule has 2 aromatic heterocycles. The van der Waals surface area contributed by atoms with E-state index in [0.29, 0.717) is 12.2 Å². The molecule has 0 radical (unpaired) electrons. The smallest absolute Gasteiger partial charge is 0.271 e. The highest BCUT2D eigenvalue weighted by atomic mass is 32.1. The second kappa shape index (κ2) is 6.25. The predicted molar refractivity (Wildman–Crippen MR) is 94.8 cm³/mol. The van der Waals surface area contributed by atoms with Gasteiger partial charge in [-0.1, -0.05) is 36.4 Å². The number of hydrogen-bond donors (Lipinski definition) is 2. The molecule has 0 unspecified atom stereocenters. The number of imidazole rings is 1. The maximum atomic E-state index is 11.9. The molecule has 0 fully saturated rings. The molecule has 2 N–H and O–H groups in total. The van der Waals surface area contributed by atoms with E-state index < -0.39 is 0 Å². The number of H-pyrrole nitrogens is 1. The first-order valence-corrected chi connectivity index (χ1v) is 8.44. The Kier molecular flexibility index (Phi) is 3.80. The van der Waals surface area contributed by atoms with Gasteiger partial charge in [-0.2, -0.15) is 0 Å². The molecule has 0 saturated heterocycles. The molecule has 1 amide bonds. The third-order valence-electron chi connectivity index (χ3n) is 3.73. The van der Waals surface area contributed by atoms with Crippen molar-refractivity contribution >= 4 is 28.3 Å². The van der Waals surface area contributed by atoms with Crippen molar-refractivity contribution in [2.75, 3.05) is 0 Å². The summed E-state index contributed by atoms with van der Waals surface area (Å²) in [5.74, 6) is 0.687. The summed E-state index contributed by atoms with van der Waals surface area (Å²) in [5, 5.41) is 4.60. The van der Waals surface area contributed by atoms with E-state index in [1.807, 2.05) is 48.5 Å². The maximum absolute atomic E-state index is 11.9. The van der Waals surface area contributed by atoms with Crippen LogP contribution in [0, 0.1) is 0 Å². The van der Waals surface area contributed by atoms with Gasteiger partial charge in [0, 0.05) is 17.5 Å². The van der Waals surface area contributed by atoms with E-state index in [9.17, 15) is 4.79 Å². The standard InChI is InChI=1S/C18H14N4OS/c23-18(16-10-24-11-20-16)19-9-12-5-7-13(8-6-12)17-21-14-3-1-2-4-15(14)22-17/h1-8,10-11H,9H2,(H,19,23)(H,21,22). The Labute approximate surface area is 142 Å². The Balaban J connectivity index is 1.47. The molecule has 0 aliphatic rings. The van der Waals surface area contributed by atoms with Crippen molar-refractivity contribution in [3.8, 4) is 11.4 Å². The number of benzene rings is 2. The fraction of sp³-hybridized carbons (Fsp3) is 0.0556. The Bertz CT molecular complexity index is 941. The number of aromatic amines is 1.